The van der Waals surface area contributed by atoms with E-state index in [1.165, 1.54) is 17.7 Å². The summed E-state index contributed by atoms with van der Waals surface area (Å²) in [5, 5.41) is 4.45. The lowest BCUT2D eigenvalue weighted by Gasteiger charge is -2.07. The fourth-order valence-corrected chi connectivity index (χ4v) is 4.33. The number of amides is 1. The van der Waals surface area contributed by atoms with Crippen molar-refractivity contribution in [2.45, 2.75) is 32.7 Å². The Morgan fingerprint density at radius 3 is 2.89 bits per heavy atom. The first kappa shape index (κ1) is 17.1. The van der Waals surface area contributed by atoms with E-state index in [4.69, 9.17) is 5.73 Å². The smallest absolute Gasteiger partial charge is 0.229 e. The first-order valence-electron chi connectivity index (χ1n) is 9.34. The molecule has 7 nitrogen and oxygen atoms in total. The zero-order chi connectivity index (χ0) is 19.4. The highest BCUT2D eigenvalue weighted by Crippen LogP contribution is 2.37. The molecule has 0 atom stereocenters. The van der Waals surface area contributed by atoms with E-state index in [2.05, 4.69) is 50.9 Å². The molecule has 3 aromatic heterocycles. The van der Waals surface area contributed by atoms with E-state index in [1.54, 1.807) is 0 Å². The van der Waals surface area contributed by atoms with Gasteiger partial charge in [-0.3, -0.25) is 4.79 Å². The van der Waals surface area contributed by atoms with Gasteiger partial charge in [0.05, 0.1) is 15.6 Å². The highest BCUT2D eigenvalue weighted by Gasteiger charge is 2.30. The molecule has 1 aromatic carbocycles. The maximum Gasteiger partial charge on any atom is 0.229 e. The molecule has 0 unspecified atom stereocenters. The molecular formula is C20H20N6OS. The van der Waals surface area contributed by atoms with Gasteiger partial charge in [0.1, 0.15) is 17.8 Å². The van der Waals surface area contributed by atoms with Crippen LogP contribution in [0.1, 0.15) is 32.7 Å². The number of aromatic nitrogens is 4. The van der Waals surface area contributed by atoms with Crippen molar-refractivity contribution in [3.63, 3.8) is 0 Å². The molecule has 142 valence electrons. The fraction of sp³-hybridized carbons (Fsp3) is 0.300. The number of nitrogens with one attached hydrogen (secondary N) is 1. The highest BCUT2D eigenvalue weighted by atomic mass is 32.1. The van der Waals surface area contributed by atoms with E-state index < -0.39 is 0 Å². The van der Waals surface area contributed by atoms with Crippen LogP contribution >= 0.6 is 11.3 Å². The minimum Gasteiger partial charge on any atom is -0.383 e. The van der Waals surface area contributed by atoms with E-state index in [0.29, 0.717) is 10.9 Å². The summed E-state index contributed by atoms with van der Waals surface area (Å²) >= 11 is 1.49. The third kappa shape index (κ3) is 2.80. The molecule has 8 heteroatoms. The average molecular weight is 392 g/mol. The molecule has 1 saturated carbocycles. The van der Waals surface area contributed by atoms with E-state index in [0.717, 1.165) is 45.2 Å². The largest absolute Gasteiger partial charge is 0.383 e. The molecular weight excluding hydrogens is 372 g/mol. The number of anilines is 2. The lowest BCUT2D eigenvalue weighted by atomic mass is 10.1. The second kappa shape index (κ2) is 6.27. The van der Waals surface area contributed by atoms with Crippen molar-refractivity contribution in [3.05, 3.63) is 30.7 Å². The van der Waals surface area contributed by atoms with Crippen LogP contribution in [0.2, 0.25) is 0 Å². The van der Waals surface area contributed by atoms with Gasteiger partial charge in [0.15, 0.2) is 5.13 Å². The van der Waals surface area contributed by atoms with Gasteiger partial charge >= 0.3 is 0 Å². The highest BCUT2D eigenvalue weighted by molar-refractivity contribution is 7.22. The van der Waals surface area contributed by atoms with Crippen molar-refractivity contribution in [3.8, 4) is 11.1 Å². The summed E-state index contributed by atoms with van der Waals surface area (Å²) in [4.78, 5) is 25.2. The molecule has 28 heavy (non-hydrogen) atoms. The maximum atomic E-state index is 12.0. The molecule has 3 heterocycles. The topological polar surface area (TPSA) is 98.7 Å². The Balaban J connectivity index is 1.60. The number of rotatable bonds is 4. The summed E-state index contributed by atoms with van der Waals surface area (Å²) in [5.41, 5.74) is 9.93. The molecule has 3 N–H and O–H groups in total. The fourth-order valence-electron chi connectivity index (χ4n) is 3.42. The normalized spacial score (nSPS) is 14.2. The number of hydrogen-bond donors (Lipinski definition) is 2. The van der Waals surface area contributed by atoms with E-state index in [9.17, 15) is 4.79 Å². The minimum absolute atomic E-state index is 0.0733. The van der Waals surface area contributed by atoms with Gasteiger partial charge in [-0.05, 0) is 44.4 Å². The van der Waals surface area contributed by atoms with Crippen molar-refractivity contribution < 1.29 is 4.79 Å². The Bertz CT molecular complexity index is 1220. The van der Waals surface area contributed by atoms with Gasteiger partial charge in [-0.2, -0.15) is 0 Å². The number of nitrogen functional groups attached to an aromatic ring is 1. The number of nitrogens with two attached hydrogens (primary N) is 1. The quantitative estimate of drug-likeness (QED) is 0.542. The van der Waals surface area contributed by atoms with Crippen LogP contribution in [0.25, 0.3) is 32.4 Å². The predicted molar refractivity (Wildman–Crippen MR) is 112 cm³/mol. The number of carbonyl (C=O) groups excluding carboxylic acids is 1. The molecule has 0 bridgehead atoms. The van der Waals surface area contributed by atoms with Crippen molar-refractivity contribution >= 4 is 49.4 Å². The Morgan fingerprint density at radius 1 is 1.32 bits per heavy atom. The Labute approximate surface area is 165 Å². The van der Waals surface area contributed by atoms with Crippen LogP contribution in [0.3, 0.4) is 0 Å². The van der Waals surface area contributed by atoms with Crippen LogP contribution < -0.4 is 11.1 Å². The molecule has 1 amide bonds. The average Bonchev–Trinajstić information content (AvgIpc) is 3.32. The molecule has 0 spiro atoms. The van der Waals surface area contributed by atoms with Gasteiger partial charge in [0.25, 0.3) is 0 Å². The molecule has 0 aliphatic heterocycles. The molecule has 0 radical (unpaired) electrons. The summed E-state index contributed by atoms with van der Waals surface area (Å²) in [5.74, 6) is 0.707. The third-order valence-electron chi connectivity index (χ3n) is 5.07. The van der Waals surface area contributed by atoms with E-state index >= 15 is 0 Å². The van der Waals surface area contributed by atoms with Crippen molar-refractivity contribution in [1.29, 1.82) is 0 Å². The van der Waals surface area contributed by atoms with Gasteiger partial charge in [0, 0.05) is 23.7 Å². The predicted octanol–water partition coefficient (Wildman–Crippen LogP) is 4.22. The number of hydrogen-bond acceptors (Lipinski definition) is 6. The van der Waals surface area contributed by atoms with Crippen LogP contribution in [0, 0.1) is 5.92 Å². The lowest BCUT2D eigenvalue weighted by molar-refractivity contribution is -0.117. The zero-order valence-electron chi connectivity index (χ0n) is 15.6. The Morgan fingerprint density at radius 2 is 2.14 bits per heavy atom. The number of fused-ring (bicyclic) bond motifs is 2. The molecule has 1 aliphatic carbocycles. The van der Waals surface area contributed by atoms with Crippen molar-refractivity contribution in [1.82, 2.24) is 19.5 Å². The number of thiazole rings is 1. The first-order valence-corrected chi connectivity index (χ1v) is 10.2. The van der Waals surface area contributed by atoms with E-state index in [1.807, 2.05) is 12.1 Å². The molecule has 5 rings (SSSR count). The minimum atomic E-state index is 0.0733. The van der Waals surface area contributed by atoms with Gasteiger partial charge in [-0.25, -0.2) is 15.0 Å². The van der Waals surface area contributed by atoms with E-state index in [-0.39, 0.29) is 17.9 Å². The standard InChI is InChI=1S/C20H20N6OS/c1-10(2)26-8-13(16-17(21)22-9-23-18(16)26)12-5-6-14-15(7-12)28-20(24-14)25-19(27)11-3-4-11/h5-11H,3-4H2,1-2H3,(H2,21,22,23)(H,24,25,27). The van der Waals surface area contributed by atoms with Gasteiger partial charge in [-0.1, -0.05) is 17.4 Å². The number of benzene rings is 1. The molecule has 1 fully saturated rings. The summed E-state index contributed by atoms with van der Waals surface area (Å²) in [6.07, 6.45) is 5.54. The summed E-state index contributed by atoms with van der Waals surface area (Å²) in [7, 11) is 0. The van der Waals surface area contributed by atoms with Crippen LogP contribution in [0.15, 0.2) is 30.7 Å². The molecule has 0 saturated heterocycles. The summed E-state index contributed by atoms with van der Waals surface area (Å²) < 4.78 is 3.13. The second-order valence-corrected chi connectivity index (χ2v) is 8.50. The SMILES string of the molecule is CC(C)n1cc(-c2ccc3nc(NC(=O)C4CC4)sc3c2)c2c(N)ncnc21. The van der Waals surface area contributed by atoms with Crippen molar-refractivity contribution in [2.75, 3.05) is 11.1 Å². The summed E-state index contributed by atoms with van der Waals surface area (Å²) in [6.45, 7) is 4.23. The number of nitrogens with zero attached hydrogens (tertiary/aromatic N) is 4. The summed E-state index contributed by atoms with van der Waals surface area (Å²) in [6, 6.07) is 6.35. The molecule has 4 aromatic rings. The molecule has 1 aliphatic rings. The maximum absolute atomic E-state index is 12.0. The Kier molecular flexibility index (Phi) is 3.83. The van der Waals surface area contributed by atoms with Crippen LogP contribution in [-0.4, -0.2) is 25.4 Å². The van der Waals surface area contributed by atoms with Gasteiger partial charge in [-0.15, -0.1) is 0 Å². The van der Waals surface area contributed by atoms with Crippen LogP contribution in [0.4, 0.5) is 10.9 Å². The van der Waals surface area contributed by atoms with Crippen LogP contribution in [0.5, 0.6) is 0 Å². The van der Waals surface area contributed by atoms with Gasteiger partial charge < -0.3 is 15.6 Å². The monoisotopic (exact) mass is 392 g/mol. The first-order chi connectivity index (χ1) is 13.5. The lowest BCUT2D eigenvalue weighted by Crippen LogP contribution is -2.12. The van der Waals surface area contributed by atoms with Crippen molar-refractivity contribution in [2.24, 2.45) is 5.92 Å². The third-order valence-corrected chi connectivity index (χ3v) is 6.01. The number of carbonyl (C=O) groups is 1. The van der Waals surface area contributed by atoms with Gasteiger partial charge in [0.2, 0.25) is 5.91 Å². The zero-order valence-corrected chi connectivity index (χ0v) is 16.5. The Hall–Kier alpha value is -3.00. The van der Waals surface area contributed by atoms with Crippen LogP contribution in [-0.2, 0) is 4.79 Å². The second-order valence-electron chi connectivity index (χ2n) is 7.47.